The monoisotopic (exact) mass is 285 g/mol. The van der Waals surface area contributed by atoms with Crippen molar-refractivity contribution < 1.29 is 8.42 Å². The van der Waals surface area contributed by atoms with Gasteiger partial charge in [-0.15, -0.1) is 0 Å². The lowest BCUT2D eigenvalue weighted by Gasteiger charge is -2.33. The summed E-state index contributed by atoms with van der Waals surface area (Å²) in [5.74, 6) is 1.53. The molecule has 0 bridgehead atoms. The fraction of sp³-hybridized carbons (Fsp3) is 0.636. The summed E-state index contributed by atoms with van der Waals surface area (Å²) in [5.41, 5.74) is 0. The van der Waals surface area contributed by atoms with E-state index in [1.54, 1.807) is 12.4 Å². The molecule has 1 aromatic heterocycles. The molecule has 0 aromatic carbocycles. The van der Waals surface area contributed by atoms with Gasteiger partial charge in [-0.05, 0) is 6.92 Å². The number of sulfonamides is 1. The highest BCUT2D eigenvalue weighted by Crippen LogP contribution is 2.15. The summed E-state index contributed by atoms with van der Waals surface area (Å²) in [7, 11) is -3.09. The number of nitrogens with zero attached hydrogens (tertiary/aromatic N) is 4. The highest BCUT2D eigenvalue weighted by atomic mass is 32.2. The quantitative estimate of drug-likeness (QED) is 0.838. The molecule has 1 fully saturated rings. The number of aromatic nitrogens is 2. The van der Waals surface area contributed by atoms with E-state index in [1.165, 1.54) is 10.6 Å². The molecule has 1 saturated heterocycles. The van der Waals surface area contributed by atoms with Crippen LogP contribution in [0, 0.1) is 0 Å². The van der Waals surface area contributed by atoms with Gasteiger partial charge in [0, 0.05) is 32.7 Å². The van der Waals surface area contributed by atoms with Crippen molar-refractivity contribution in [3.05, 3.63) is 12.4 Å². The molecule has 1 aromatic rings. The Bertz CT molecular complexity index is 526. The molecule has 1 aliphatic rings. The van der Waals surface area contributed by atoms with Crippen LogP contribution in [0.15, 0.2) is 12.4 Å². The number of hydrogen-bond donors (Lipinski definition) is 1. The van der Waals surface area contributed by atoms with E-state index in [0.717, 1.165) is 18.2 Å². The highest BCUT2D eigenvalue weighted by Gasteiger charge is 2.24. The molecule has 0 radical (unpaired) electrons. The van der Waals surface area contributed by atoms with Crippen LogP contribution in [-0.2, 0) is 10.0 Å². The first-order chi connectivity index (χ1) is 9.00. The molecule has 1 N–H and O–H groups in total. The van der Waals surface area contributed by atoms with E-state index < -0.39 is 10.0 Å². The minimum absolute atomic E-state index is 0.492. The average molecular weight is 285 g/mol. The van der Waals surface area contributed by atoms with Crippen molar-refractivity contribution in [1.29, 1.82) is 0 Å². The molecular formula is C11H19N5O2S. The normalized spacial score (nSPS) is 17.5. The second-order valence-corrected chi connectivity index (χ2v) is 6.42. The summed E-state index contributed by atoms with van der Waals surface area (Å²) in [6.45, 7) is 5.05. The van der Waals surface area contributed by atoms with Crippen LogP contribution in [0.25, 0.3) is 0 Å². The molecule has 1 aliphatic heterocycles. The van der Waals surface area contributed by atoms with Crippen molar-refractivity contribution in [2.75, 3.05) is 49.2 Å². The summed E-state index contributed by atoms with van der Waals surface area (Å²) in [6, 6.07) is 0. The van der Waals surface area contributed by atoms with Gasteiger partial charge in [0.2, 0.25) is 10.0 Å². The zero-order valence-electron chi connectivity index (χ0n) is 11.2. The molecule has 0 atom stereocenters. The van der Waals surface area contributed by atoms with E-state index in [1.807, 2.05) is 6.92 Å². The molecule has 0 saturated carbocycles. The molecule has 0 spiro atoms. The molecule has 2 rings (SSSR count). The molecule has 2 heterocycles. The first-order valence-electron chi connectivity index (χ1n) is 6.26. The highest BCUT2D eigenvalue weighted by molar-refractivity contribution is 7.88. The van der Waals surface area contributed by atoms with Gasteiger partial charge in [-0.3, -0.25) is 4.98 Å². The Labute approximate surface area is 113 Å². The maximum atomic E-state index is 11.4. The number of piperazine rings is 1. The minimum Gasteiger partial charge on any atom is -0.369 e. The summed E-state index contributed by atoms with van der Waals surface area (Å²) in [4.78, 5) is 10.7. The zero-order chi connectivity index (χ0) is 13.9. The SMILES string of the molecule is CCNc1cncc(N2CCN(S(C)(=O)=O)CC2)n1. The molecule has 7 nitrogen and oxygen atoms in total. The number of anilines is 2. The molecule has 0 aliphatic carbocycles. The van der Waals surface area contributed by atoms with Crippen molar-refractivity contribution in [3.63, 3.8) is 0 Å². The van der Waals surface area contributed by atoms with Crippen LogP contribution < -0.4 is 10.2 Å². The Morgan fingerprint density at radius 2 is 1.95 bits per heavy atom. The lowest BCUT2D eigenvalue weighted by Crippen LogP contribution is -2.48. The number of hydrogen-bond acceptors (Lipinski definition) is 6. The molecule has 19 heavy (non-hydrogen) atoms. The predicted octanol–water partition coefficient (Wildman–Crippen LogP) is -0.01000. The van der Waals surface area contributed by atoms with Crippen LogP contribution in [0.4, 0.5) is 11.6 Å². The molecular weight excluding hydrogens is 266 g/mol. The van der Waals surface area contributed by atoms with Gasteiger partial charge in [0.15, 0.2) is 0 Å². The summed E-state index contributed by atoms with van der Waals surface area (Å²) in [5, 5.41) is 3.11. The minimum atomic E-state index is -3.09. The Balaban J connectivity index is 2.03. The third-order valence-electron chi connectivity index (χ3n) is 3.01. The first kappa shape index (κ1) is 14.0. The summed E-state index contributed by atoms with van der Waals surface area (Å²) < 4.78 is 24.4. The Kier molecular flexibility index (Phi) is 4.20. The zero-order valence-corrected chi connectivity index (χ0v) is 12.0. The van der Waals surface area contributed by atoms with E-state index in [0.29, 0.717) is 26.2 Å². The molecule has 0 unspecified atom stereocenters. The van der Waals surface area contributed by atoms with E-state index in [2.05, 4.69) is 20.2 Å². The Hall–Kier alpha value is -1.41. The van der Waals surface area contributed by atoms with Crippen molar-refractivity contribution >= 4 is 21.7 Å². The molecule has 106 valence electrons. The number of nitrogens with one attached hydrogen (secondary N) is 1. The fourth-order valence-corrected chi connectivity index (χ4v) is 2.85. The van der Waals surface area contributed by atoms with E-state index in [4.69, 9.17) is 0 Å². The number of rotatable bonds is 4. The largest absolute Gasteiger partial charge is 0.369 e. The van der Waals surface area contributed by atoms with Gasteiger partial charge in [0.05, 0.1) is 18.6 Å². The predicted molar refractivity (Wildman–Crippen MR) is 74.8 cm³/mol. The van der Waals surface area contributed by atoms with Gasteiger partial charge in [-0.1, -0.05) is 0 Å². The standard InChI is InChI=1S/C11H19N5O2S/c1-3-13-10-8-12-9-11(14-10)15-4-6-16(7-5-15)19(2,17)18/h8-9H,3-7H2,1-2H3,(H,13,14). The lowest BCUT2D eigenvalue weighted by molar-refractivity contribution is 0.387. The Morgan fingerprint density at radius 1 is 1.26 bits per heavy atom. The van der Waals surface area contributed by atoms with Gasteiger partial charge in [-0.25, -0.2) is 13.4 Å². The topological polar surface area (TPSA) is 78.4 Å². The van der Waals surface area contributed by atoms with Gasteiger partial charge < -0.3 is 10.2 Å². The van der Waals surface area contributed by atoms with Gasteiger partial charge in [0.1, 0.15) is 11.6 Å². The third kappa shape index (κ3) is 3.54. The van der Waals surface area contributed by atoms with Crippen molar-refractivity contribution in [2.45, 2.75) is 6.92 Å². The van der Waals surface area contributed by atoms with E-state index in [-0.39, 0.29) is 0 Å². The smallest absolute Gasteiger partial charge is 0.211 e. The fourth-order valence-electron chi connectivity index (χ4n) is 2.02. The van der Waals surface area contributed by atoms with Crippen LogP contribution in [0.3, 0.4) is 0 Å². The van der Waals surface area contributed by atoms with E-state index >= 15 is 0 Å². The van der Waals surface area contributed by atoms with Crippen LogP contribution >= 0.6 is 0 Å². The van der Waals surface area contributed by atoms with Gasteiger partial charge in [-0.2, -0.15) is 4.31 Å². The van der Waals surface area contributed by atoms with Crippen LogP contribution in [0.5, 0.6) is 0 Å². The third-order valence-corrected chi connectivity index (χ3v) is 4.31. The van der Waals surface area contributed by atoms with E-state index in [9.17, 15) is 8.42 Å². The maximum absolute atomic E-state index is 11.4. The van der Waals surface area contributed by atoms with Crippen molar-refractivity contribution in [3.8, 4) is 0 Å². The van der Waals surface area contributed by atoms with Crippen LogP contribution in [0.2, 0.25) is 0 Å². The second kappa shape index (κ2) is 5.70. The molecule has 0 amide bonds. The van der Waals surface area contributed by atoms with Crippen molar-refractivity contribution in [1.82, 2.24) is 14.3 Å². The lowest BCUT2D eigenvalue weighted by atomic mass is 10.3. The van der Waals surface area contributed by atoms with Crippen LogP contribution in [0.1, 0.15) is 6.92 Å². The van der Waals surface area contributed by atoms with Crippen LogP contribution in [-0.4, -0.2) is 61.7 Å². The van der Waals surface area contributed by atoms with Gasteiger partial charge >= 0.3 is 0 Å². The Morgan fingerprint density at radius 3 is 2.53 bits per heavy atom. The van der Waals surface area contributed by atoms with Gasteiger partial charge in [0.25, 0.3) is 0 Å². The summed E-state index contributed by atoms with van der Waals surface area (Å²) >= 11 is 0. The molecule has 8 heteroatoms. The second-order valence-electron chi connectivity index (χ2n) is 4.44. The van der Waals surface area contributed by atoms with Crippen molar-refractivity contribution in [2.24, 2.45) is 0 Å². The first-order valence-corrected chi connectivity index (χ1v) is 8.11. The maximum Gasteiger partial charge on any atom is 0.211 e. The summed E-state index contributed by atoms with van der Waals surface area (Å²) in [6.07, 6.45) is 4.63. The average Bonchev–Trinajstić information content (AvgIpc) is 2.39.